The number of nitrogens with zero attached hydrogens (tertiary/aromatic N) is 2. The summed E-state index contributed by atoms with van der Waals surface area (Å²) in [5, 5.41) is 4.16. The molecule has 1 atom stereocenters. The van der Waals surface area contributed by atoms with Gasteiger partial charge < -0.3 is 4.74 Å². The molecule has 1 aromatic rings. The van der Waals surface area contributed by atoms with E-state index in [0.29, 0.717) is 0 Å². The van der Waals surface area contributed by atoms with E-state index in [4.69, 9.17) is 4.74 Å². The maximum Gasteiger partial charge on any atom is 0.155 e. The van der Waals surface area contributed by atoms with Crippen LogP contribution in [0.5, 0.6) is 0 Å². The molecule has 1 heterocycles. The van der Waals surface area contributed by atoms with Crippen LogP contribution in [0.3, 0.4) is 0 Å². The van der Waals surface area contributed by atoms with Gasteiger partial charge in [0.2, 0.25) is 0 Å². The Kier molecular flexibility index (Phi) is 3.22. The van der Waals surface area contributed by atoms with Gasteiger partial charge in [-0.25, -0.2) is 0 Å². The second-order valence-corrected chi connectivity index (χ2v) is 3.49. The molecule has 0 saturated heterocycles. The van der Waals surface area contributed by atoms with Crippen molar-refractivity contribution in [3.63, 3.8) is 0 Å². The third-order valence-corrected chi connectivity index (χ3v) is 2.82. The second kappa shape index (κ2) is 4.02. The van der Waals surface area contributed by atoms with E-state index in [1.165, 1.54) is 7.11 Å². The van der Waals surface area contributed by atoms with Gasteiger partial charge in [0.1, 0.15) is 0 Å². The first-order chi connectivity index (χ1) is 6.11. The minimum Gasteiger partial charge on any atom is -0.368 e. The number of aldehydes is 1. The quantitative estimate of drug-likeness (QED) is 0.758. The number of ether oxygens (including phenoxy) is 1. The van der Waals surface area contributed by atoms with E-state index in [1.807, 2.05) is 6.92 Å². The van der Waals surface area contributed by atoms with Gasteiger partial charge in [0.15, 0.2) is 12.4 Å². The first-order valence-corrected chi connectivity index (χ1v) is 4.58. The summed E-state index contributed by atoms with van der Waals surface area (Å²) in [4.78, 5) is 10.7. The van der Waals surface area contributed by atoms with Crippen LogP contribution >= 0.6 is 15.9 Å². The molecule has 0 N–H and O–H groups in total. The highest BCUT2D eigenvalue weighted by Crippen LogP contribution is 2.26. The number of halogens is 1. The van der Waals surface area contributed by atoms with E-state index in [2.05, 4.69) is 21.0 Å². The van der Waals surface area contributed by atoms with Crippen molar-refractivity contribution in [2.45, 2.75) is 13.0 Å². The Hall–Kier alpha value is -0.680. The topological polar surface area (TPSA) is 44.1 Å². The zero-order valence-electron chi connectivity index (χ0n) is 7.74. The van der Waals surface area contributed by atoms with Crippen molar-refractivity contribution in [1.82, 2.24) is 9.78 Å². The maximum absolute atomic E-state index is 10.7. The predicted molar refractivity (Wildman–Crippen MR) is 51.5 cm³/mol. The molecule has 13 heavy (non-hydrogen) atoms. The number of rotatable bonds is 3. The summed E-state index contributed by atoms with van der Waals surface area (Å²) < 4.78 is 7.47. The smallest absolute Gasteiger partial charge is 0.155 e. The van der Waals surface area contributed by atoms with Gasteiger partial charge in [0.25, 0.3) is 0 Å². The summed E-state index contributed by atoms with van der Waals surface area (Å²) >= 11 is 3.36. The fraction of sp³-hybridized carbons (Fsp3) is 0.500. The van der Waals surface area contributed by atoms with Gasteiger partial charge >= 0.3 is 0 Å². The van der Waals surface area contributed by atoms with E-state index < -0.39 is 6.10 Å². The number of carbonyl (C=O) groups excluding carboxylic acids is 1. The Morgan fingerprint density at radius 1 is 1.69 bits per heavy atom. The van der Waals surface area contributed by atoms with Crippen LogP contribution in [-0.2, 0) is 16.6 Å². The number of aryl methyl sites for hydroxylation is 2. The molecule has 0 aliphatic heterocycles. The summed E-state index contributed by atoms with van der Waals surface area (Å²) in [6, 6.07) is 0. The molecule has 4 nitrogen and oxygen atoms in total. The normalized spacial score (nSPS) is 12.9. The number of aromatic nitrogens is 2. The molecule has 0 spiro atoms. The van der Waals surface area contributed by atoms with Crippen LogP contribution in [0.15, 0.2) is 4.47 Å². The van der Waals surface area contributed by atoms with Gasteiger partial charge in [0, 0.05) is 14.2 Å². The lowest BCUT2D eigenvalue weighted by Gasteiger charge is -2.08. The highest BCUT2D eigenvalue weighted by Gasteiger charge is 2.19. The summed E-state index contributed by atoms with van der Waals surface area (Å²) in [5.74, 6) is 0. The minimum atomic E-state index is -0.555. The van der Waals surface area contributed by atoms with Crippen molar-refractivity contribution in [2.75, 3.05) is 7.11 Å². The molecular formula is C8H11BrN2O2. The van der Waals surface area contributed by atoms with Crippen molar-refractivity contribution >= 4 is 22.2 Å². The van der Waals surface area contributed by atoms with E-state index in [-0.39, 0.29) is 0 Å². The summed E-state index contributed by atoms with van der Waals surface area (Å²) in [7, 11) is 3.27. The van der Waals surface area contributed by atoms with Crippen molar-refractivity contribution < 1.29 is 9.53 Å². The minimum absolute atomic E-state index is 0.555. The summed E-state index contributed by atoms with van der Waals surface area (Å²) in [6.45, 7) is 1.87. The monoisotopic (exact) mass is 246 g/mol. The van der Waals surface area contributed by atoms with Crippen LogP contribution in [0.25, 0.3) is 0 Å². The van der Waals surface area contributed by atoms with E-state index >= 15 is 0 Å². The molecule has 0 aliphatic rings. The van der Waals surface area contributed by atoms with Crippen LogP contribution in [0.1, 0.15) is 17.5 Å². The Morgan fingerprint density at radius 3 is 2.62 bits per heavy atom. The molecule has 1 unspecified atom stereocenters. The summed E-state index contributed by atoms with van der Waals surface area (Å²) in [5.41, 5.74) is 1.59. The van der Waals surface area contributed by atoms with Gasteiger partial charge in [-0.05, 0) is 22.9 Å². The molecular weight excluding hydrogens is 236 g/mol. The van der Waals surface area contributed by atoms with Gasteiger partial charge in [-0.2, -0.15) is 5.10 Å². The van der Waals surface area contributed by atoms with Gasteiger partial charge in [0.05, 0.1) is 15.9 Å². The van der Waals surface area contributed by atoms with Gasteiger partial charge in [-0.15, -0.1) is 0 Å². The van der Waals surface area contributed by atoms with Crippen molar-refractivity contribution in [1.29, 1.82) is 0 Å². The first kappa shape index (κ1) is 10.4. The first-order valence-electron chi connectivity index (χ1n) is 3.79. The lowest BCUT2D eigenvalue weighted by atomic mass is 10.2. The number of methoxy groups -OCH3 is 1. The van der Waals surface area contributed by atoms with Crippen LogP contribution in [0, 0.1) is 6.92 Å². The fourth-order valence-electron chi connectivity index (χ4n) is 1.19. The molecule has 0 aliphatic carbocycles. The lowest BCUT2D eigenvalue weighted by molar-refractivity contribution is -0.117. The van der Waals surface area contributed by atoms with Gasteiger partial charge in [-0.1, -0.05) is 0 Å². The molecule has 0 radical (unpaired) electrons. The summed E-state index contributed by atoms with van der Waals surface area (Å²) in [6.07, 6.45) is 0.196. The Labute approximate surface area is 85.0 Å². The second-order valence-electron chi connectivity index (χ2n) is 2.70. The van der Waals surface area contributed by atoms with Crippen LogP contribution in [0.2, 0.25) is 0 Å². The Balaban J connectivity index is 3.18. The van der Waals surface area contributed by atoms with Crippen molar-refractivity contribution in [3.8, 4) is 0 Å². The number of hydrogen-bond acceptors (Lipinski definition) is 3. The SMILES string of the molecule is COC(C=O)c1c(Br)c(C)nn1C. The predicted octanol–water partition coefficient (Wildman–Crippen LogP) is 1.38. The highest BCUT2D eigenvalue weighted by molar-refractivity contribution is 9.10. The zero-order chi connectivity index (χ0) is 10.0. The number of hydrogen-bond donors (Lipinski definition) is 0. The molecule has 0 amide bonds. The van der Waals surface area contributed by atoms with Crippen molar-refractivity contribution in [2.24, 2.45) is 7.05 Å². The largest absolute Gasteiger partial charge is 0.368 e. The molecule has 1 rings (SSSR count). The standard InChI is InChI=1S/C8H11BrN2O2/c1-5-7(9)8(11(2)10-5)6(4-12)13-3/h4,6H,1-3H3. The van der Waals surface area contributed by atoms with E-state index in [1.54, 1.807) is 11.7 Å². The third kappa shape index (κ3) is 1.81. The van der Waals surface area contributed by atoms with Crippen molar-refractivity contribution in [3.05, 3.63) is 15.9 Å². The molecule has 0 fully saturated rings. The average molecular weight is 247 g/mol. The molecule has 1 aromatic heterocycles. The molecule has 0 bridgehead atoms. The molecule has 0 aromatic carbocycles. The molecule has 72 valence electrons. The third-order valence-electron chi connectivity index (χ3n) is 1.84. The average Bonchev–Trinajstić information content (AvgIpc) is 2.34. The van der Waals surface area contributed by atoms with Crippen LogP contribution < -0.4 is 0 Å². The van der Waals surface area contributed by atoms with Crippen LogP contribution in [-0.4, -0.2) is 23.2 Å². The number of carbonyl (C=O) groups is 1. The lowest BCUT2D eigenvalue weighted by Crippen LogP contribution is -2.09. The zero-order valence-corrected chi connectivity index (χ0v) is 9.33. The van der Waals surface area contributed by atoms with E-state index in [0.717, 1.165) is 22.1 Å². The van der Waals surface area contributed by atoms with Gasteiger partial charge in [-0.3, -0.25) is 9.48 Å². The highest BCUT2D eigenvalue weighted by atomic mass is 79.9. The molecule has 5 heteroatoms. The molecule has 0 saturated carbocycles. The van der Waals surface area contributed by atoms with E-state index in [9.17, 15) is 4.79 Å². The van der Waals surface area contributed by atoms with Crippen LogP contribution in [0.4, 0.5) is 0 Å². The fourth-order valence-corrected chi connectivity index (χ4v) is 1.75. The maximum atomic E-state index is 10.7. The Bertz CT molecular complexity index is 322. The Morgan fingerprint density at radius 2 is 2.31 bits per heavy atom.